The molecule has 0 atom stereocenters. The summed E-state index contributed by atoms with van der Waals surface area (Å²) in [5.41, 5.74) is 5.99. The quantitative estimate of drug-likeness (QED) is 0.583. The van der Waals surface area contributed by atoms with Gasteiger partial charge in [-0.05, 0) is 6.92 Å². The molecule has 74 valence electrons. The highest BCUT2D eigenvalue weighted by atomic mass is 32.1. The molecule has 0 saturated carbocycles. The highest BCUT2D eigenvalue weighted by molar-refractivity contribution is 7.09. The Hall–Kier alpha value is -1.17. The largest absolute Gasteiger partial charge is 0.399 e. The molecule has 0 spiro atoms. The lowest BCUT2D eigenvalue weighted by Crippen LogP contribution is -1.98. The number of anilines is 1. The monoisotopic (exact) mass is 202 g/mol. The van der Waals surface area contributed by atoms with Crippen LogP contribution < -0.4 is 5.73 Å². The van der Waals surface area contributed by atoms with E-state index in [2.05, 4.69) is 19.4 Å². The zero-order valence-corrected chi connectivity index (χ0v) is 9.05. The van der Waals surface area contributed by atoms with Crippen molar-refractivity contribution in [3.8, 4) is 0 Å². The summed E-state index contributed by atoms with van der Waals surface area (Å²) in [4.78, 5) is 8.44. The second-order valence-corrected chi connectivity index (χ2v) is 2.60. The third-order valence-electron chi connectivity index (χ3n) is 0.994. The first-order chi connectivity index (χ1) is 6.24. The first-order valence-electron chi connectivity index (χ1n) is 3.91. The Morgan fingerprint density at radius 3 is 2.54 bits per heavy atom. The molecule has 6 heteroatoms. The van der Waals surface area contributed by atoms with Gasteiger partial charge in [0.2, 0.25) is 0 Å². The van der Waals surface area contributed by atoms with E-state index in [1.54, 1.807) is 6.92 Å². The lowest BCUT2D eigenvalue weighted by atomic mass is 10.4. The van der Waals surface area contributed by atoms with Gasteiger partial charge in [-0.15, -0.1) is 0 Å². The molecule has 0 bridgehead atoms. The van der Waals surface area contributed by atoms with Crippen molar-refractivity contribution in [2.45, 2.75) is 20.8 Å². The molecule has 0 saturated heterocycles. The Morgan fingerprint density at radius 1 is 1.54 bits per heavy atom. The van der Waals surface area contributed by atoms with Crippen LogP contribution in [-0.4, -0.2) is 22.2 Å². The van der Waals surface area contributed by atoms with Crippen LogP contribution in [0, 0.1) is 0 Å². The number of nitrogen functional groups attached to an aromatic ring is 1. The van der Waals surface area contributed by atoms with Gasteiger partial charge in [-0.2, -0.15) is 9.36 Å². The van der Waals surface area contributed by atoms with E-state index in [4.69, 9.17) is 5.73 Å². The average molecular weight is 202 g/mol. The van der Waals surface area contributed by atoms with Crippen LogP contribution in [0.4, 0.5) is 5.13 Å². The van der Waals surface area contributed by atoms with Crippen molar-refractivity contribution in [3.63, 3.8) is 0 Å². The Kier molecular flexibility index (Phi) is 5.79. The minimum Gasteiger partial charge on any atom is -0.399 e. The maximum Gasteiger partial charge on any atom is 0.200 e. The molecule has 1 aromatic heterocycles. The Balaban J connectivity index is 0.000000671. The van der Waals surface area contributed by atoms with Gasteiger partial charge >= 0.3 is 0 Å². The molecule has 13 heavy (non-hydrogen) atoms. The maximum absolute atomic E-state index is 5.36. The summed E-state index contributed by atoms with van der Waals surface area (Å²) in [5, 5.41) is 4.09. The second-order valence-electron chi connectivity index (χ2n) is 1.82. The SMILES string of the molecule is CC.CO/N=C(/C)c1nsc(N)n1. The molecule has 0 unspecified atom stereocenters. The molecule has 0 aliphatic heterocycles. The molecule has 2 N–H and O–H groups in total. The summed E-state index contributed by atoms with van der Waals surface area (Å²) < 4.78 is 3.93. The van der Waals surface area contributed by atoms with Crippen LogP contribution in [0.5, 0.6) is 0 Å². The molecular weight excluding hydrogens is 188 g/mol. The van der Waals surface area contributed by atoms with Crippen molar-refractivity contribution in [2.75, 3.05) is 12.8 Å². The fraction of sp³-hybridized carbons (Fsp3) is 0.571. The van der Waals surface area contributed by atoms with E-state index in [0.717, 1.165) is 11.5 Å². The van der Waals surface area contributed by atoms with Gasteiger partial charge in [0.25, 0.3) is 0 Å². The minimum atomic E-state index is 0.436. The minimum absolute atomic E-state index is 0.436. The topological polar surface area (TPSA) is 73.4 Å². The van der Waals surface area contributed by atoms with E-state index in [1.165, 1.54) is 7.11 Å². The number of oxime groups is 1. The molecule has 1 aromatic rings. The van der Waals surface area contributed by atoms with Crippen molar-refractivity contribution < 1.29 is 4.84 Å². The Morgan fingerprint density at radius 2 is 2.15 bits per heavy atom. The van der Waals surface area contributed by atoms with E-state index in [1.807, 2.05) is 13.8 Å². The fourth-order valence-corrected chi connectivity index (χ4v) is 1.04. The molecule has 0 fully saturated rings. The van der Waals surface area contributed by atoms with Gasteiger partial charge in [0.1, 0.15) is 12.8 Å². The van der Waals surface area contributed by atoms with Gasteiger partial charge in [-0.1, -0.05) is 19.0 Å². The van der Waals surface area contributed by atoms with Crippen LogP contribution >= 0.6 is 11.5 Å². The smallest absolute Gasteiger partial charge is 0.200 e. The summed E-state index contributed by atoms with van der Waals surface area (Å²) in [5.74, 6) is 0.523. The molecule has 1 heterocycles. The van der Waals surface area contributed by atoms with E-state index in [0.29, 0.717) is 16.7 Å². The molecule has 0 aromatic carbocycles. The second kappa shape index (κ2) is 6.36. The summed E-state index contributed by atoms with van der Waals surface area (Å²) in [7, 11) is 1.47. The molecule has 0 aliphatic rings. The molecule has 5 nitrogen and oxygen atoms in total. The molecule has 0 radical (unpaired) electrons. The summed E-state index contributed by atoms with van der Waals surface area (Å²) in [6, 6.07) is 0. The summed E-state index contributed by atoms with van der Waals surface area (Å²) in [6.07, 6.45) is 0. The van der Waals surface area contributed by atoms with Gasteiger partial charge in [-0.25, -0.2) is 0 Å². The molecular formula is C7H14N4OS. The first-order valence-corrected chi connectivity index (χ1v) is 4.68. The lowest BCUT2D eigenvalue weighted by molar-refractivity contribution is 0.213. The highest BCUT2D eigenvalue weighted by Gasteiger charge is 2.03. The highest BCUT2D eigenvalue weighted by Crippen LogP contribution is 2.06. The van der Waals surface area contributed by atoms with Crippen molar-refractivity contribution >= 4 is 22.4 Å². The van der Waals surface area contributed by atoms with E-state index < -0.39 is 0 Å². The Labute approximate surface area is 81.8 Å². The van der Waals surface area contributed by atoms with Crippen molar-refractivity contribution in [1.29, 1.82) is 0 Å². The summed E-state index contributed by atoms with van der Waals surface area (Å²) in [6.45, 7) is 5.75. The van der Waals surface area contributed by atoms with Gasteiger partial charge in [-0.3, -0.25) is 0 Å². The predicted molar refractivity (Wildman–Crippen MR) is 54.9 cm³/mol. The van der Waals surface area contributed by atoms with E-state index in [-0.39, 0.29) is 0 Å². The van der Waals surface area contributed by atoms with Gasteiger partial charge in [0.15, 0.2) is 11.0 Å². The third kappa shape index (κ3) is 3.84. The summed E-state index contributed by atoms with van der Waals surface area (Å²) >= 11 is 1.14. The molecule has 0 amide bonds. The number of nitrogens with zero attached hydrogens (tertiary/aromatic N) is 3. The first kappa shape index (κ1) is 11.8. The van der Waals surface area contributed by atoms with Crippen LogP contribution in [0.1, 0.15) is 26.6 Å². The van der Waals surface area contributed by atoms with Crippen LogP contribution in [0.2, 0.25) is 0 Å². The fourth-order valence-electron chi connectivity index (χ4n) is 0.560. The van der Waals surface area contributed by atoms with Crippen LogP contribution in [-0.2, 0) is 4.84 Å². The lowest BCUT2D eigenvalue weighted by Gasteiger charge is -1.89. The number of nitrogens with two attached hydrogens (primary N) is 1. The van der Waals surface area contributed by atoms with Crippen LogP contribution in [0.15, 0.2) is 5.16 Å². The van der Waals surface area contributed by atoms with Gasteiger partial charge in [0, 0.05) is 11.5 Å². The normalized spacial score (nSPS) is 10.3. The number of rotatable bonds is 2. The average Bonchev–Trinajstić information content (AvgIpc) is 2.56. The Bertz CT molecular complexity index is 271. The van der Waals surface area contributed by atoms with Gasteiger partial charge in [0.05, 0.1) is 0 Å². The zero-order valence-electron chi connectivity index (χ0n) is 8.24. The van der Waals surface area contributed by atoms with Crippen LogP contribution in [0.3, 0.4) is 0 Å². The van der Waals surface area contributed by atoms with Crippen molar-refractivity contribution in [1.82, 2.24) is 9.36 Å². The predicted octanol–water partition coefficient (Wildman–Crippen LogP) is 1.52. The third-order valence-corrected chi connectivity index (χ3v) is 1.54. The maximum atomic E-state index is 5.36. The van der Waals surface area contributed by atoms with Gasteiger partial charge < -0.3 is 10.6 Å². The number of hydrogen-bond acceptors (Lipinski definition) is 6. The van der Waals surface area contributed by atoms with Crippen molar-refractivity contribution in [3.05, 3.63) is 5.82 Å². The molecule has 0 aliphatic carbocycles. The van der Waals surface area contributed by atoms with Crippen LogP contribution in [0.25, 0.3) is 0 Å². The van der Waals surface area contributed by atoms with E-state index in [9.17, 15) is 0 Å². The number of aromatic nitrogens is 2. The molecule has 1 rings (SSSR count). The zero-order chi connectivity index (χ0) is 10.3. The van der Waals surface area contributed by atoms with Crippen molar-refractivity contribution in [2.24, 2.45) is 5.16 Å². The number of hydrogen-bond donors (Lipinski definition) is 1. The standard InChI is InChI=1S/C5H8N4OS.C2H6/c1-3(8-10-2)4-7-5(6)11-9-4;1-2/h1-2H3,(H2,6,7,9);1-2H3/b8-3-;. The van der Waals surface area contributed by atoms with E-state index >= 15 is 0 Å².